The van der Waals surface area contributed by atoms with Crippen LogP contribution in [0.5, 0.6) is 0 Å². The maximum absolute atomic E-state index is 12.0. The molecular weight excluding hydrogens is 230 g/mol. The smallest absolute Gasteiger partial charge is 0.327 e. The standard InChI is InChI=1S/C14H13NO3/c1-2-3-8-13(16)15-11-7-5-4-6-10(11)9-12(15)14(17)18/h1,4-7,12H,3,8-9H2,(H,17,18). The van der Waals surface area contributed by atoms with Crippen LogP contribution in [0.2, 0.25) is 0 Å². The average molecular weight is 243 g/mol. The summed E-state index contributed by atoms with van der Waals surface area (Å²) in [6, 6.07) is 6.44. The number of fused-ring (bicyclic) bond motifs is 1. The molecule has 0 fully saturated rings. The van der Waals surface area contributed by atoms with Crippen molar-refractivity contribution in [2.24, 2.45) is 0 Å². The Morgan fingerprint density at radius 3 is 2.83 bits per heavy atom. The maximum atomic E-state index is 12.0. The van der Waals surface area contributed by atoms with Crippen LogP contribution in [0.1, 0.15) is 18.4 Å². The predicted octanol–water partition coefficient (Wildman–Crippen LogP) is 1.44. The number of benzene rings is 1. The second kappa shape index (κ2) is 4.92. The SMILES string of the molecule is C#CCCC(=O)N1c2ccccc2CC1C(=O)O. The van der Waals surface area contributed by atoms with Crippen molar-refractivity contribution in [3.63, 3.8) is 0 Å². The van der Waals surface area contributed by atoms with Gasteiger partial charge in [0.15, 0.2) is 0 Å². The third kappa shape index (κ3) is 2.07. The minimum atomic E-state index is -0.986. The van der Waals surface area contributed by atoms with Crippen molar-refractivity contribution in [3.05, 3.63) is 29.8 Å². The molecule has 1 unspecified atom stereocenters. The first-order valence-electron chi connectivity index (χ1n) is 5.71. The fourth-order valence-corrected chi connectivity index (χ4v) is 2.19. The van der Waals surface area contributed by atoms with Gasteiger partial charge in [-0.1, -0.05) is 18.2 Å². The topological polar surface area (TPSA) is 57.6 Å². The number of terminal acetylenes is 1. The van der Waals surface area contributed by atoms with Gasteiger partial charge in [0.2, 0.25) is 5.91 Å². The Balaban J connectivity index is 2.32. The largest absolute Gasteiger partial charge is 0.480 e. The zero-order chi connectivity index (χ0) is 13.1. The van der Waals surface area contributed by atoms with Gasteiger partial charge >= 0.3 is 5.97 Å². The summed E-state index contributed by atoms with van der Waals surface area (Å²) in [6.45, 7) is 0. The summed E-state index contributed by atoms with van der Waals surface area (Å²) in [4.78, 5) is 24.6. The van der Waals surface area contributed by atoms with Crippen LogP contribution in [-0.4, -0.2) is 23.0 Å². The van der Waals surface area contributed by atoms with Crippen LogP contribution in [0.15, 0.2) is 24.3 Å². The van der Waals surface area contributed by atoms with Crippen molar-refractivity contribution in [3.8, 4) is 12.3 Å². The molecule has 92 valence electrons. The van der Waals surface area contributed by atoms with E-state index < -0.39 is 12.0 Å². The molecule has 4 heteroatoms. The van der Waals surface area contributed by atoms with Gasteiger partial charge in [-0.15, -0.1) is 12.3 Å². The Morgan fingerprint density at radius 1 is 1.44 bits per heavy atom. The molecule has 0 saturated heterocycles. The minimum Gasteiger partial charge on any atom is -0.480 e. The maximum Gasteiger partial charge on any atom is 0.327 e. The molecule has 1 aliphatic heterocycles. The molecule has 0 aromatic heterocycles. The summed E-state index contributed by atoms with van der Waals surface area (Å²) in [5.41, 5.74) is 1.57. The number of hydrogen-bond donors (Lipinski definition) is 1. The van der Waals surface area contributed by atoms with E-state index in [0.29, 0.717) is 18.5 Å². The minimum absolute atomic E-state index is 0.175. The Labute approximate surface area is 105 Å². The van der Waals surface area contributed by atoms with Crippen molar-refractivity contribution in [1.82, 2.24) is 0 Å². The highest BCUT2D eigenvalue weighted by molar-refractivity contribution is 6.01. The number of hydrogen-bond acceptors (Lipinski definition) is 2. The number of aliphatic carboxylic acids is 1. The zero-order valence-corrected chi connectivity index (χ0v) is 9.80. The molecule has 18 heavy (non-hydrogen) atoms. The molecule has 1 aromatic rings. The molecule has 0 saturated carbocycles. The van der Waals surface area contributed by atoms with Gasteiger partial charge in [-0.05, 0) is 11.6 Å². The summed E-state index contributed by atoms with van der Waals surface area (Å²) >= 11 is 0. The Hall–Kier alpha value is -2.28. The average Bonchev–Trinajstić information content (AvgIpc) is 2.75. The lowest BCUT2D eigenvalue weighted by Crippen LogP contribution is -2.42. The van der Waals surface area contributed by atoms with Gasteiger partial charge in [0.1, 0.15) is 6.04 Å². The van der Waals surface area contributed by atoms with Crippen molar-refractivity contribution in [1.29, 1.82) is 0 Å². The lowest BCUT2D eigenvalue weighted by molar-refractivity contribution is -0.139. The van der Waals surface area contributed by atoms with Crippen molar-refractivity contribution in [2.75, 3.05) is 4.90 Å². The number of nitrogens with zero attached hydrogens (tertiary/aromatic N) is 1. The summed E-state index contributed by atoms with van der Waals surface area (Å²) < 4.78 is 0. The molecule has 1 amide bonds. The van der Waals surface area contributed by atoms with Gasteiger partial charge in [-0.25, -0.2) is 4.79 Å². The Bertz CT molecular complexity index is 530. The van der Waals surface area contributed by atoms with Crippen molar-refractivity contribution >= 4 is 17.6 Å². The number of anilines is 1. The molecule has 4 nitrogen and oxygen atoms in total. The Morgan fingerprint density at radius 2 is 2.17 bits per heavy atom. The number of rotatable bonds is 3. The molecule has 2 rings (SSSR count). The molecule has 1 heterocycles. The lowest BCUT2D eigenvalue weighted by atomic mass is 10.1. The normalized spacial score (nSPS) is 17.1. The van der Waals surface area contributed by atoms with E-state index in [-0.39, 0.29) is 12.3 Å². The highest BCUT2D eigenvalue weighted by Gasteiger charge is 2.37. The van der Waals surface area contributed by atoms with Gasteiger partial charge in [0, 0.05) is 24.9 Å². The quantitative estimate of drug-likeness (QED) is 0.817. The second-order valence-corrected chi connectivity index (χ2v) is 4.15. The number of carbonyl (C=O) groups excluding carboxylic acids is 1. The van der Waals surface area contributed by atoms with Crippen LogP contribution < -0.4 is 4.90 Å². The first-order chi connectivity index (χ1) is 8.65. The molecular formula is C14H13NO3. The molecule has 0 aliphatic carbocycles. The van der Waals surface area contributed by atoms with E-state index in [1.54, 1.807) is 12.1 Å². The highest BCUT2D eigenvalue weighted by Crippen LogP contribution is 2.32. The van der Waals surface area contributed by atoms with E-state index in [9.17, 15) is 14.7 Å². The molecule has 1 N–H and O–H groups in total. The second-order valence-electron chi connectivity index (χ2n) is 4.15. The van der Waals surface area contributed by atoms with Crippen molar-refractivity contribution in [2.45, 2.75) is 25.3 Å². The number of para-hydroxylation sites is 1. The fourth-order valence-electron chi connectivity index (χ4n) is 2.19. The summed E-state index contributed by atoms with van der Waals surface area (Å²) in [5, 5.41) is 9.20. The van der Waals surface area contributed by atoms with Gasteiger partial charge in [0.25, 0.3) is 0 Å². The van der Waals surface area contributed by atoms with Gasteiger partial charge in [-0.3, -0.25) is 9.69 Å². The molecule has 0 radical (unpaired) electrons. The molecule has 0 bridgehead atoms. The number of carboxylic acids is 1. The first kappa shape index (κ1) is 12.2. The van der Waals surface area contributed by atoms with Gasteiger partial charge < -0.3 is 5.11 Å². The third-order valence-electron chi connectivity index (χ3n) is 3.01. The molecule has 1 atom stereocenters. The molecule has 1 aliphatic rings. The highest BCUT2D eigenvalue weighted by atomic mass is 16.4. The van der Waals surface area contributed by atoms with E-state index in [4.69, 9.17) is 6.42 Å². The van der Waals surface area contributed by atoms with Crippen LogP contribution in [0.25, 0.3) is 0 Å². The summed E-state index contributed by atoms with van der Waals surface area (Å²) in [6.07, 6.45) is 5.98. The van der Waals surface area contributed by atoms with Gasteiger partial charge in [-0.2, -0.15) is 0 Å². The van der Waals surface area contributed by atoms with Crippen LogP contribution in [0.4, 0.5) is 5.69 Å². The third-order valence-corrected chi connectivity index (χ3v) is 3.01. The van der Waals surface area contributed by atoms with E-state index in [1.165, 1.54) is 4.90 Å². The first-order valence-corrected chi connectivity index (χ1v) is 5.71. The number of carbonyl (C=O) groups is 2. The van der Waals surface area contributed by atoms with E-state index >= 15 is 0 Å². The van der Waals surface area contributed by atoms with E-state index in [1.807, 2.05) is 12.1 Å². The van der Waals surface area contributed by atoms with Crippen molar-refractivity contribution < 1.29 is 14.7 Å². The zero-order valence-electron chi connectivity index (χ0n) is 9.80. The van der Waals surface area contributed by atoms with E-state index in [0.717, 1.165) is 5.56 Å². The van der Waals surface area contributed by atoms with Crippen LogP contribution >= 0.6 is 0 Å². The summed E-state index contributed by atoms with van der Waals surface area (Å²) in [5.74, 6) is 1.18. The van der Waals surface area contributed by atoms with Gasteiger partial charge in [0.05, 0.1) is 0 Å². The fraction of sp³-hybridized carbons (Fsp3) is 0.286. The van der Waals surface area contributed by atoms with Crippen LogP contribution in [0, 0.1) is 12.3 Å². The van der Waals surface area contributed by atoms with Crippen LogP contribution in [-0.2, 0) is 16.0 Å². The number of carboxylic acid groups (broad SMARTS) is 1. The summed E-state index contributed by atoms with van der Waals surface area (Å²) in [7, 11) is 0. The number of amides is 1. The molecule has 1 aromatic carbocycles. The van der Waals surface area contributed by atoms with E-state index in [2.05, 4.69) is 5.92 Å². The van der Waals surface area contributed by atoms with Crippen LogP contribution in [0.3, 0.4) is 0 Å². The molecule has 0 spiro atoms. The predicted molar refractivity (Wildman–Crippen MR) is 67.1 cm³/mol. The Kier molecular flexibility index (Phi) is 3.33. The monoisotopic (exact) mass is 243 g/mol. The lowest BCUT2D eigenvalue weighted by Gasteiger charge is -2.22.